The van der Waals surface area contributed by atoms with Gasteiger partial charge in [0, 0.05) is 18.8 Å². The van der Waals surface area contributed by atoms with Gasteiger partial charge in [-0.05, 0) is 19.2 Å². The van der Waals surface area contributed by atoms with Gasteiger partial charge in [-0.2, -0.15) is 5.10 Å². The number of nitrogens with one attached hydrogen (secondary N) is 2. The van der Waals surface area contributed by atoms with E-state index in [1.807, 2.05) is 43.6 Å². The number of aromatic nitrogens is 2. The SMILES string of the molecule is CNC(C(=O)NCCOc1ccccc1)c1cnn(C)c1. The van der Waals surface area contributed by atoms with E-state index in [0.717, 1.165) is 11.3 Å². The fourth-order valence-electron chi connectivity index (χ4n) is 2.00. The standard InChI is InChI=1S/C15H20N4O2/c1-16-14(12-10-18-19(2)11-12)15(20)17-8-9-21-13-6-4-3-5-7-13/h3-7,10-11,14,16H,8-9H2,1-2H3,(H,17,20). The molecule has 1 aromatic carbocycles. The van der Waals surface area contributed by atoms with Crippen LogP contribution in [0.3, 0.4) is 0 Å². The summed E-state index contributed by atoms with van der Waals surface area (Å²) >= 11 is 0. The Balaban J connectivity index is 1.78. The predicted octanol–water partition coefficient (Wildman–Crippen LogP) is 0.876. The number of benzene rings is 1. The van der Waals surface area contributed by atoms with Gasteiger partial charge in [0.15, 0.2) is 0 Å². The van der Waals surface area contributed by atoms with Crippen LogP contribution in [-0.2, 0) is 11.8 Å². The van der Waals surface area contributed by atoms with Crippen LogP contribution < -0.4 is 15.4 Å². The predicted molar refractivity (Wildman–Crippen MR) is 80.0 cm³/mol. The molecule has 1 aromatic heterocycles. The van der Waals surface area contributed by atoms with E-state index in [2.05, 4.69) is 15.7 Å². The first-order valence-corrected chi connectivity index (χ1v) is 6.82. The van der Waals surface area contributed by atoms with Crippen molar-refractivity contribution in [2.75, 3.05) is 20.2 Å². The van der Waals surface area contributed by atoms with Gasteiger partial charge in [-0.25, -0.2) is 0 Å². The number of nitrogens with zero attached hydrogens (tertiary/aromatic N) is 2. The Morgan fingerprint density at radius 1 is 1.38 bits per heavy atom. The molecule has 1 amide bonds. The molecular formula is C15H20N4O2. The van der Waals surface area contributed by atoms with Gasteiger partial charge in [0.2, 0.25) is 5.91 Å². The maximum absolute atomic E-state index is 12.1. The largest absolute Gasteiger partial charge is 0.492 e. The number of aryl methyl sites for hydroxylation is 1. The lowest BCUT2D eigenvalue weighted by Gasteiger charge is -2.14. The Bertz CT molecular complexity index is 568. The van der Waals surface area contributed by atoms with Gasteiger partial charge in [-0.1, -0.05) is 18.2 Å². The molecule has 2 N–H and O–H groups in total. The summed E-state index contributed by atoms with van der Waals surface area (Å²) in [5.74, 6) is 0.700. The fraction of sp³-hybridized carbons (Fsp3) is 0.333. The number of hydrogen-bond donors (Lipinski definition) is 2. The highest BCUT2D eigenvalue weighted by Crippen LogP contribution is 2.11. The molecule has 2 rings (SSSR count). The Hall–Kier alpha value is -2.34. The zero-order valence-electron chi connectivity index (χ0n) is 12.2. The average molecular weight is 288 g/mol. The second-order valence-electron chi connectivity index (χ2n) is 4.62. The third-order valence-corrected chi connectivity index (χ3v) is 3.02. The molecular weight excluding hydrogens is 268 g/mol. The molecule has 0 radical (unpaired) electrons. The molecule has 0 fully saturated rings. The van der Waals surface area contributed by atoms with Crippen molar-refractivity contribution < 1.29 is 9.53 Å². The van der Waals surface area contributed by atoms with E-state index in [1.165, 1.54) is 0 Å². The highest BCUT2D eigenvalue weighted by atomic mass is 16.5. The molecule has 1 heterocycles. The fourth-order valence-corrected chi connectivity index (χ4v) is 2.00. The number of amides is 1. The lowest BCUT2D eigenvalue weighted by atomic mass is 10.1. The van der Waals surface area contributed by atoms with E-state index >= 15 is 0 Å². The summed E-state index contributed by atoms with van der Waals surface area (Å²) in [7, 11) is 3.57. The topological polar surface area (TPSA) is 68.2 Å². The van der Waals surface area contributed by atoms with Crippen LogP contribution in [0.5, 0.6) is 5.75 Å². The number of ether oxygens (including phenoxy) is 1. The summed E-state index contributed by atoms with van der Waals surface area (Å²) in [4.78, 5) is 12.1. The maximum Gasteiger partial charge on any atom is 0.241 e. The van der Waals surface area contributed by atoms with Crippen molar-refractivity contribution in [2.45, 2.75) is 6.04 Å². The molecule has 0 saturated heterocycles. The number of hydrogen-bond acceptors (Lipinski definition) is 4. The van der Waals surface area contributed by atoms with Crippen LogP contribution in [0.4, 0.5) is 0 Å². The quantitative estimate of drug-likeness (QED) is 0.742. The first-order valence-electron chi connectivity index (χ1n) is 6.82. The third-order valence-electron chi connectivity index (χ3n) is 3.02. The van der Waals surface area contributed by atoms with Gasteiger partial charge in [-0.15, -0.1) is 0 Å². The zero-order chi connectivity index (χ0) is 15.1. The molecule has 0 aliphatic carbocycles. The van der Waals surface area contributed by atoms with E-state index in [-0.39, 0.29) is 5.91 Å². The number of para-hydroxylation sites is 1. The van der Waals surface area contributed by atoms with Crippen molar-refractivity contribution >= 4 is 5.91 Å². The Morgan fingerprint density at radius 2 is 2.14 bits per heavy atom. The van der Waals surface area contributed by atoms with Gasteiger partial charge >= 0.3 is 0 Å². The van der Waals surface area contributed by atoms with Crippen LogP contribution in [0.15, 0.2) is 42.7 Å². The Labute approximate surface area is 124 Å². The summed E-state index contributed by atoms with van der Waals surface area (Å²) in [6, 6.07) is 9.11. The van der Waals surface area contributed by atoms with E-state index < -0.39 is 6.04 Å². The van der Waals surface area contributed by atoms with Crippen LogP contribution in [0.25, 0.3) is 0 Å². The smallest absolute Gasteiger partial charge is 0.241 e. The molecule has 0 bridgehead atoms. The second-order valence-corrected chi connectivity index (χ2v) is 4.62. The van der Waals surface area contributed by atoms with E-state index in [9.17, 15) is 4.79 Å². The molecule has 1 unspecified atom stereocenters. The minimum atomic E-state index is -0.407. The van der Waals surface area contributed by atoms with E-state index in [0.29, 0.717) is 13.2 Å². The van der Waals surface area contributed by atoms with Crippen LogP contribution in [0.2, 0.25) is 0 Å². The number of carbonyl (C=O) groups excluding carboxylic acids is 1. The Morgan fingerprint density at radius 3 is 2.76 bits per heavy atom. The van der Waals surface area contributed by atoms with Gasteiger partial charge < -0.3 is 15.4 Å². The van der Waals surface area contributed by atoms with Crippen molar-refractivity contribution in [1.29, 1.82) is 0 Å². The van der Waals surface area contributed by atoms with Gasteiger partial charge in [0.25, 0.3) is 0 Å². The molecule has 6 heteroatoms. The lowest BCUT2D eigenvalue weighted by Crippen LogP contribution is -2.37. The van der Waals surface area contributed by atoms with Crippen molar-refractivity contribution in [1.82, 2.24) is 20.4 Å². The summed E-state index contributed by atoms with van der Waals surface area (Å²) in [6.45, 7) is 0.880. The van der Waals surface area contributed by atoms with Crippen LogP contribution in [-0.4, -0.2) is 35.9 Å². The van der Waals surface area contributed by atoms with Gasteiger partial charge in [0.1, 0.15) is 18.4 Å². The highest BCUT2D eigenvalue weighted by molar-refractivity contribution is 5.82. The summed E-state index contributed by atoms with van der Waals surface area (Å²) in [5.41, 5.74) is 0.835. The summed E-state index contributed by atoms with van der Waals surface area (Å²) in [5, 5.41) is 9.91. The van der Waals surface area contributed by atoms with Crippen LogP contribution in [0, 0.1) is 0 Å². The molecule has 0 saturated carbocycles. The monoisotopic (exact) mass is 288 g/mol. The molecule has 0 aliphatic rings. The molecule has 0 aliphatic heterocycles. The summed E-state index contributed by atoms with van der Waals surface area (Å²) < 4.78 is 7.20. The van der Waals surface area contributed by atoms with Crippen LogP contribution in [0.1, 0.15) is 11.6 Å². The van der Waals surface area contributed by atoms with Gasteiger partial charge in [-0.3, -0.25) is 9.48 Å². The normalized spacial score (nSPS) is 11.9. The number of likely N-dealkylation sites (N-methyl/N-ethyl adjacent to an activating group) is 1. The lowest BCUT2D eigenvalue weighted by molar-refractivity contribution is -0.123. The first-order chi connectivity index (χ1) is 10.2. The number of rotatable bonds is 7. The molecule has 21 heavy (non-hydrogen) atoms. The molecule has 0 spiro atoms. The molecule has 2 aromatic rings. The van der Waals surface area contributed by atoms with E-state index in [4.69, 9.17) is 4.74 Å². The zero-order valence-corrected chi connectivity index (χ0v) is 12.2. The molecule has 6 nitrogen and oxygen atoms in total. The van der Waals surface area contributed by atoms with Crippen molar-refractivity contribution in [3.63, 3.8) is 0 Å². The van der Waals surface area contributed by atoms with E-state index in [1.54, 1.807) is 17.9 Å². The van der Waals surface area contributed by atoms with Crippen molar-refractivity contribution in [3.8, 4) is 5.75 Å². The minimum Gasteiger partial charge on any atom is -0.492 e. The van der Waals surface area contributed by atoms with Crippen molar-refractivity contribution in [3.05, 3.63) is 48.3 Å². The summed E-state index contributed by atoms with van der Waals surface area (Å²) in [6.07, 6.45) is 3.50. The van der Waals surface area contributed by atoms with Crippen LogP contribution >= 0.6 is 0 Å². The number of carbonyl (C=O) groups is 1. The second kappa shape index (κ2) is 7.44. The van der Waals surface area contributed by atoms with Crippen molar-refractivity contribution in [2.24, 2.45) is 7.05 Å². The minimum absolute atomic E-state index is 0.0952. The van der Waals surface area contributed by atoms with Gasteiger partial charge in [0.05, 0.1) is 12.7 Å². The average Bonchev–Trinajstić information content (AvgIpc) is 2.92. The molecule has 112 valence electrons. The highest BCUT2D eigenvalue weighted by Gasteiger charge is 2.19. The Kier molecular flexibility index (Phi) is 5.34. The maximum atomic E-state index is 12.1. The molecule has 1 atom stereocenters. The third kappa shape index (κ3) is 4.32. The first kappa shape index (κ1) is 15.1.